The summed E-state index contributed by atoms with van der Waals surface area (Å²) in [5, 5.41) is 12.8. The maximum atomic E-state index is 9.18. The summed E-state index contributed by atoms with van der Waals surface area (Å²) in [6.07, 6.45) is 6.04. The average molecular weight is 237 g/mol. The van der Waals surface area contributed by atoms with E-state index in [1.54, 1.807) is 0 Å². The monoisotopic (exact) mass is 237 g/mol. The molecule has 17 heavy (non-hydrogen) atoms. The molecule has 98 valence electrons. The first kappa shape index (κ1) is 14.5. The van der Waals surface area contributed by atoms with E-state index in [0.29, 0.717) is 12.1 Å². The van der Waals surface area contributed by atoms with Gasteiger partial charge in [-0.3, -0.25) is 0 Å². The first-order valence-electron chi connectivity index (χ1n) is 6.98. The highest BCUT2D eigenvalue weighted by atomic mass is 15.1. The molecular weight excluding hydrogens is 210 g/mol. The fourth-order valence-electron chi connectivity index (χ4n) is 2.39. The molecule has 0 aromatic heterocycles. The van der Waals surface area contributed by atoms with Gasteiger partial charge in [0.25, 0.3) is 0 Å². The molecule has 0 spiro atoms. The normalized spacial score (nSPS) is 25.9. The second-order valence-corrected chi connectivity index (χ2v) is 5.51. The quantitative estimate of drug-likeness (QED) is 0.746. The molecular formula is C14H27N3. The SMILES string of the molecule is CC(C)N(C)CCNC1CCCCCC1C#N. The molecule has 0 aliphatic heterocycles. The van der Waals surface area contributed by atoms with Crippen LogP contribution in [0.5, 0.6) is 0 Å². The highest BCUT2D eigenvalue weighted by Gasteiger charge is 2.22. The van der Waals surface area contributed by atoms with Crippen molar-refractivity contribution in [2.75, 3.05) is 20.1 Å². The lowest BCUT2D eigenvalue weighted by Gasteiger charge is -2.25. The summed E-state index contributed by atoms with van der Waals surface area (Å²) in [6, 6.07) is 3.49. The number of rotatable bonds is 5. The van der Waals surface area contributed by atoms with Crippen molar-refractivity contribution in [2.45, 2.75) is 58.0 Å². The van der Waals surface area contributed by atoms with Gasteiger partial charge < -0.3 is 10.2 Å². The van der Waals surface area contributed by atoms with Crippen LogP contribution in [-0.2, 0) is 0 Å². The van der Waals surface area contributed by atoms with Gasteiger partial charge in [-0.15, -0.1) is 0 Å². The molecule has 0 aromatic rings. The lowest BCUT2D eigenvalue weighted by molar-refractivity contribution is 0.262. The number of likely N-dealkylation sites (N-methyl/N-ethyl adjacent to an activating group) is 1. The number of nitriles is 1. The van der Waals surface area contributed by atoms with E-state index in [0.717, 1.165) is 19.5 Å². The molecule has 0 saturated heterocycles. The van der Waals surface area contributed by atoms with Crippen LogP contribution in [0.25, 0.3) is 0 Å². The van der Waals surface area contributed by atoms with Gasteiger partial charge in [0.2, 0.25) is 0 Å². The third-order valence-electron chi connectivity index (χ3n) is 3.93. The van der Waals surface area contributed by atoms with Gasteiger partial charge in [-0.1, -0.05) is 19.3 Å². The van der Waals surface area contributed by atoms with E-state index in [-0.39, 0.29) is 5.92 Å². The molecule has 0 aromatic carbocycles. The standard InChI is InChI=1S/C14H27N3/c1-12(2)17(3)10-9-16-14-8-6-4-5-7-13(14)11-15/h12-14,16H,4-10H2,1-3H3. The molecule has 2 unspecified atom stereocenters. The molecule has 2 atom stereocenters. The van der Waals surface area contributed by atoms with Crippen molar-refractivity contribution in [3.05, 3.63) is 0 Å². The number of nitrogens with one attached hydrogen (secondary N) is 1. The van der Waals surface area contributed by atoms with E-state index >= 15 is 0 Å². The van der Waals surface area contributed by atoms with E-state index < -0.39 is 0 Å². The highest BCUT2D eigenvalue weighted by Crippen LogP contribution is 2.22. The van der Waals surface area contributed by atoms with Gasteiger partial charge in [0.05, 0.1) is 12.0 Å². The highest BCUT2D eigenvalue weighted by molar-refractivity contribution is 4.93. The minimum Gasteiger partial charge on any atom is -0.311 e. The summed E-state index contributed by atoms with van der Waals surface area (Å²) in [6.45, 7) is 6.48. The topological polar surface area (TPSA) is 39.1 Å². The van der Waals surface area contributed by atoms with Crippen molar-refractivity contribution < 1.29 is 0 Å². The van der Waals surface area contributed by atoms with Crippen LogP contribution in [0.4, 0.5) is 0 Å². The molecule has 1 rings (SSSR count). The van der Waals surface area contributed by atoms with Crippen molar-refractivity contribution >= 4 is 0 Å². The number of nitrogens with zero attached hydrogens (tertiary/aromatic N) is 2. The summed E-state index contributed by atoms with van der Waals surface area (Å²) in [5.74, 6) is 0.224. The minimum absolute atomic E-state index is 0.224. The Bertz CT molecular complexity index is 244. The van der Waals surface area contributed by atoms with Gasteiger partial charge in [-0.05, 0) is 33.7 Å². The third kappa shape index (κ3) is 5.06. The van der Waals surface area contributed by atoms with E-state index in [1.807, 2.05) is 0 Å². The molecule has 3 nitrogen and oxygen atoms in total. The Morgan fingerprint density at radius 3 is 2.65 bits per heavy atom. The van der Waals surface area contributed by atoms with Crippen molar-refractivity contribution in [2.24, 2.45) is 5.92 Å². The zero-order valence-electron chi connectivity index (χ0n) is 11.6. The van der Waals surface area contributed by atoms with Crippen LogP contribution in [0.1, 0.15) is 46.0 Å². The van der Waals surface area contributed by atoms with Crippen molar-refractivity contribution in [3.8, 4) is 6.07 Å². The molecule has 0 heterocycles. The van der Waals surface area contributed by atoms with Gasteiger partial charge in [-0.2, -0.15) is 5.26 Å². The van der Waals surface area contributed by atoms with Crippen LogP contribution in [0.15, 0.2) is 0 Å². The second-order valence-electron chi connectivity index (χ2n) is 5.51. The van der Waals surface area contributed by atoms with E-state index in [2.05, 4.69) is 37.2 Å². The Morgan fingerprint density at radius 1 is 1.29 bits per heavy atom. The Hall–Kier alpha value is -0.590. The van der Waals surface area contributed by atoms with Gasteiger partial charge in [-0.25, -0.2) is 0 Å². The van der Waals surface area contributed by atoms with Crippen LogP contribution < -0.4 is 5.32 Å². The van der Waals surface area contributed by atoms with Crippen LogP contribution in [0.2, 0.25) is 0 Å². The molecule has 1 N–H and O–H groups in total. The first-order valence-corrected chi connectivity index (χ1v) is 6.98. The van der Waals surface area contributed by atoms with Gasteiger partial charge in [0.15, 0.2) is 0 Å². The molecule has 1 aliphatic rings. The molecule has 0 amide bonds. The summed E-state index contributed by atoms with van der Waals surface area (Å²) in [7, 11) is 2.15. The first-order chi connectivity index (χ1) is 8.15. The maximum Gasteiger partial charge on any atom is 0.0672 e. The lowest BCUT2D eigenvalue weighted by Crippen LogP contribution is -2.40. The van der Waals surface area contributed by atoms with Gasteiger partial charge in [0, 0.05) is 25.2 Å². The van der Waals surface area contributed by atoms with E-state index in [1.165, 1.54) is 25.7 Å². The average Bonchev–Trinajstić information content (AvgIpc) is 2.53. The Balaban J connectivity index is 2.30. The molecule has 0 radical (unpaired) electrons. The predicted molar refractivity (Wildman–Crippen MR) is 71.7 cm³/mol. The molecule has 1 saturated carbocycles. The Morgan fingerprint density at radius 2 is 2.00 bits per heavy atom. The van der Waals surface area contributed by atoms with E-state index in [9.17, 15) is 5.26 Å². The fraction of sp³-hybridized carbons (Fsp3) is 0.929. The van der Waals surface area contributed by atoms with Gasteiger partial charge >= 0.3 is 0 Å². The van der Waals surface area contributed by atoms with Crippen LogP contribution >= 0.6 is 0 Å². The largest absolute Gasteiger partial charge is 0.311 e. The summed E-state index contributed by atoms with van der Waals surface area (Å²) in [5.41, 5.74) is 0. The molecule has 1 aliphatic carbocycles. The van der Waals surface area contributed by atoms with E-state index in [4.69, 9.17) is 0 Å². The lowest BCUT2D eigenvalue weighted by atomic mass is 9.96. The van der Waals surface area contributed by atoms with Crippen LogP contribution in [0.3, 0.4) is 0 Å². The number of hydrogen-bond acceptors (Lipinski definition) is 3. The summed E-state index contributed by atoms with van der Waals surface area (Å²) < 4.78 is 0. The fourth-order valence-corrected chi connectivity index (χ4v) is 2.39. The summed E-state index contributed by atoms with van der Waals surface area (Å²) in [4.78, 5) is 2.34. The zero-order valence-corrected chi connectivity index (χ0v) is 11.6. The molecule has 3 heteroatoms. The zero-order chi connectivity index (χ0) is 12.7. The second kappa shape index (κ2) is 7.68. The molecule has 0 bridgehead atoms. The van der Waals surface area contributed by atoms with Crippen molar-refractivity contribution in [3.63, 3.8) is 0 Å². The minimum atomic E-state index is 0.224. The van der Waals surface area contributed by atoms with Crippen molar-refractivity contribution in [1.82, 2.24) is 10.2 Å². The number of hydrogen-bond donors (Lipinski definition) is 1. The smallest absolute Gasteiger partial charge is 0.0672 e. The van der Waals surface area contributed by atoms with Gasteiger partial charge in [0.1, 0.15) is 0 Å². The van der Waals surface area contributed by atoms with Crippen LogP contribution in [0, 0.1) is 17.2 Å². The maximum absolute atomic E-state index is 9.18. The van der Waals surface area contributed by atoms with Crippen LogP contribution in [-0.4, -0.2) is 37.1 Å². The Kier molecular flexibility index (Phi) is 6.54. The Labute approximate surface area is 106 Å². The van der Waals surface area contributed by atoms with Crippen molar-refractivity contribution in [1.29, 1.82) is 5.26 Å². The molecule has 1 fully saturated rings. The summed E-state index contributed by atoms with van der Waals surface area (Å²) >= 11 is 0. The third-order valence-corrected chi connectivity index (χ3v) is 3.93. The predicted octanol–water partition coefficient (Wildman–Crippen LogP) is 2.39.